The number of nitrogens with zero attached hydrogens (tertiary/aromatic N) is 3. The number of imidazole rings is 1. The van der Waals surface area contributed by atoms with Gasteiger partial charge in [0.25, 0.3) is 0 Å². The molecule has 2 aliphatic rings. The molecule has 0 N–H and O–H groups in total. The molecule has 0 bridgehead atoms. The summed E-state index contributed by atoms with van der Waals surface area (Å²) in [7, 11) is 0. The van der Waals surface area contributed by atoms with Crippen molar-refractivity contribution in [1.82, 2.24) is 9.55 Å². The molecule has 0 spiro atoms. The molecule has 0 saturated carbocycles. The average Bonchev–Trinajstić information content (AvgIpc) is 3.11. The van der Waals surface area contributed by atoms with Crippen LogP contribution in [0.5, 0.6) is 0 Å². The lowest BCUT2D eigenvalue weighted by molar-refractivity contribution is 0.502. The highest BCUT2D eigenvalue weighted by Gasteiger charge is 2.38. The van der Waals surface area contributed by atoms with Crippen LogP contribution in [0, 0.1) is 0 Å². The minimum absolute atomic E-state index is 0.0712. The minimum Gasteiger partial charge on any atom is -0.330 e. The molecule has 23 heavy (non-hydrogen) atoms. The Morgan fingerprint density at radius 1 is 1.09 bits per heavy atom. The van der Waals surface area contributed by atoms with Crippen LogP contribution in [-0.4, -0.2) is 15.1 Å². The topological polar surface area (TPSA) is 21.1 Å². The van der Waals surface area contributed by atoms with Crippen LogP contribution in [0.1, 0.15) is 18.0 Å². The maximum atomic E-state index is 6.84. The molecule has 3 heterocycles. The molecular formula is C18H14ClN3S. The van der Waals surface area contributed by atoms with Gasteiger partial charge in [-0.15, -0.1) is 0 Å². The Bertz CT molecular complexity index is 878. The molecule has 2 aliphatic heterocycles. The Morgan fingerprint density at radius 2 is 1.96 bits per heavy atom. The largest absolute Gasteiger partial charge is 0.330 e. The van der Waals surface area contributed by atoms with Gasteiger partial charge in [0.05, 0.1) is 23.7 Å². The van der Waals surface area contributed by atoms with Gasteiger partial charge in [0.15, 0.2) is 0 Å². The summed E-state index contributed by atoms with van der Waals surface area (Å²) >= 11 is 8.66. The van der Waals surface area contributed by atoms with Gasteiger partial charge in [0, 0.05) is 28.6 Å². The number of benzene rings is 2. The van der Waals surface area contributed by atoms with E-state index in [1.807, 2.05) is 30.5 Å². The predicted molar refractivity (Wildman–Crippen MR) is 93.8 cm³/mol. The standard InChI is InChI=1S/C18H14ClN3S/c19-17-10-14(21-9-8-20-11-21)12-4-3-7-16-18(12)22(17)13-5-1-2-6-15(13)23-16/h1-9,11,14,17H,10H2. The monoisotopic (exact) mass is 339 g/mol. The number of para-hydroxylation sites is 2. The smallest absolute Gasteiger partial charge is 0.111 e. The first-order valence-electron chi connectivity index (χ1n) is 7.63. The van der Waals surface area contributed by atoms with Gasteiger partial charge in [-0.3, -0.25) is 0 Å². The Balaban J connectivity index is 1.74. The fraction of sp³-hybridized carbons (Fsp3) is 0.167. The minimum atomic E-state index is -0.0712. The third-order valence-corrected chi connectivity index (χ3v) is 6.05. The second-order valence-corrected chi connectivity index (χ2v) is 7.42. The molecule has 0 amide bonds. The lowest BCUT2D eigenvalue weighted by Crippen LogP contribution is -2.37. The van der Waals surface area contributed by atoms with Crippen molar-refractivity contribution in [2.75, 3.05) is 4.90 Å². The van der Waals surface area contributed by atoms with E-state index in [0.29, 0.717) is 0 Å². The predicted octanol–water partition coefficient (Wildman–Crippen LogP) is 5.04. The average molecular weight is 340 g/mol. The van der Waals surface area contributed by atoms with Crippen molar-refractivity contribution in [2.45, 2.75) is 27.8 Å². The molecule has 0 saturated heterocycles. The summed E-state index contributed by atoms with van der Waals surface area (Å²) in [6.45, 7) is 0. The summed E-state index contributed by atoms with van der Waals surface area (Å²) in [5.41, 5.74) is 3.71. The van der Waals surface area contributed by atoms with E-state index in [1.54, 1.807) is 0 Å². The molecule has 5 rings (SSSR count). The lowest BCUT2D eigenvalue weighted by Gasteiger charge is -2.43. The summed E-state index contributed by atoms with van der Waals surface area (Å²) in [6.07, 6.45) is 6.59. The molecule has 3 nitrogen and oxygen atoms in total. The summed E-state index contributed by atoms with van der Waals surface area (Å²) < 4.78 is 2.16. The number of alkyl halides is 1. The van der Waals surface area contributed by atoms with Gasteiger partial charge in [-0.2, -0.15) is 0 Å². The van der Waals surface area contributed by atoms with Crippen molar-refractivity contribution < 1.29 is 0 Å². The highest BCUT2D eigenvalue weighted by molar-refractivity contribution is 7.99. The normalized spacial score (nSPS) is 21.7. The Labute approximate surface area is 143 Å². The van der Waals surface area contributed by atoms with Crippen LogP contribution >= 0.6 is 23.4 Å². The summed E-state index contributed by atoms with van der Waals surface area (Å²) in [5.74, 6) is 0. The zero-order valence-corrected chi connectivity index (χ0v) is 13.8. The molecule has 0 radical (unpaired) electrons. The molecule has 3 aromatic rings. The number of aromatic nitrogens is 2. The summed E-state index contributed by atoms with van der Waals surface area (Å²) in [4.78, 5) is 9.05. The third-order valence-electron chi connectivity index (χ3n) is 4.56. The van der Waals surface area contributed by atoms with Crippen LogP contribution in [0.25, 0.3) is 0 Å². The maximum Gasteiger partial charge on any atom is 0.111 e. The fourth-order valence-electron chi connectivity index (χ4n) is 3.57. The number of hydrogen-bond donors (Lipinski definition) is 0. The quantitative estimate of drug-likeness (QED) is 0.457. The lowest BCUT2D eigenvalue weighted by atomic mass is 9.95. The maximum absolute atomic E-state index is 6.84. The van der Waals surface area contributed by atoms with Gasteiger partial charge in [0.1, 0.15) is 5.50 Å². The van der Waals surface area contributed by atoms with Crippen molar-refractivity contribution in [2.24, 2.45) is 0 Å². The van der Waals surface area contributed by atoms with Gasteiger partial charge in [-0.1, -0.05) is 47.6 Å². The second kappa shape index (κ2) is 5.05. The van der Waals surface area contributed by atoms with Crippen LogP contribution in [0.3, 0.4) is 0 Å². The number of fused-ring (bicyclic) bond motifs is 2. The Kier molecular flexibility index (Phi) is 2.97. The van der Waals surface area contributed by atoms with E-state index in [0.717, 1.165) is 6.42 Å². The second-order valence-electron chi connectivity index (χ2n) is 5.83. The third kappa shape index (κ3) is 1.95. The van der Waals surface area contributed by atoms with E-state index in [4.69, 9.17) is 11.6 Å². The van der Waals surface area contributed by atoms with Gasteiger partial charge in [-0.25, -0.2) is 4.98 Å². The van der Waals surface area contributed by atoms with E-state index in [1.165, 1.54) is 26.7 Å². The van der Waals surface area contributed by atoms with Crippen molar-refractivity contribution in [1.29, 1.82) is 0 Å². The van der Waals surface area contributed by atoms with Gasteiger partial charge < -0.3 is 9.47 Å². The molecule has 2 atom stereocenters. The van der Waals surface area contributed by atoms with E-state index < -0.39 is 0 Å². The Hall–Kier alpha value is -1.91. The fourth-order valence-corrected chi connectivity index (χ4v) is 5.06. The zero-order valence-electron chi connectivity index (χ0n) is 12.3. The van der Waals surface area contributed by atoms with Crippen molar-refractivity contribution in [3.05, 3.63) is 66.7 Å². The number of anilines is 2. The van der Waals surface area contributed by atoms with Crippen molar-refractivity contribution in [3.8, 4) is 0 Å². The van der Waals surface area contributed by atoms with Crippen LogP contribution in [0.4, 0.5) is 11.4 Å². The number of hydrogen-bond acceptors (Lipinski definition) is 3. The first kappa shape index (κ1) is 13.5. The number of halogens is 1. The van der Waals surface area contributed by atoms with Gasteiger partial charge in [0.2, 0.25) is 0 Å². The summed E-state index contributed by atoms with van der Waals surface area (Å²) in [6, 6.07) is 15.3. The van der Waals surface area contributed by atoms with E-state index in [9.17, 15) is 0 Å². The molecule has 114 valence electrons. The molecular weight excluding hydrogens is 326 g/mol. The zero-order chi connectivity index (χ0) is 15.4. The van der Waals surface area contributed by atoms with Crippen LogP contribution < -0.4 is 4.90 Å². The SMILES string of the molecule is ClC1CC(n2ccnc2)c2cccc3c2N1c1ccccc1S3. The molecule has 2 aromatic carbocycles. The number of rotatable bonds is 1. The summed E-state index contributed by atoms with van der Waals surface area (Å²) in [5, 5.41) is 0. The van der Waals surface area contributed by atoms with Crippen molar-refractivity contribution >= 4 is 34.7 Å². The van der Waals surface area contributed by atoms with Gasteiger partial charge in [-0.05, 0) is 23.8 Å². The Morgan fingerprint density at radius 3 is 2.83 bits per heavy atom. The van der Waals surface area contributed by atoms with Crippen LogP contribution in [0.15, 0.2) is 71.0 Å². The molecule has 0 aliphatic carbocycles. The van der Waals surface area contributed by atoms with E-state index in [-0.39, 0.29) is 11.5 Å². The molecule has 2 unspecified atom stereocenters. The molecule has 1 aromatic heterocycles. The van der Waals surface area contributed by atoms with Crippen molar-refractivity contribution in [3.63, 3.8) is 0 Å². The molecule has 5 heteroatoms. The van der Waals surface area contributed by atoms with Crippen LogP contribution in [-0.2, 0) is 0 Å². The van der Waals surface area contributed by atoms with Gasteiger partial charge >= 0.3 is 0 Å². The highest BCUT2D eigenvalue weighted by atomic mass is 35.5. The van der Waals surface area contributed by atoms with E-state index >= 15 is 0 Å². The van der Waals surface area contributed by atoms with Crippen LogP contribution in [0.2, 0.25) is 0 Å². The molecule has 0 fully saturated rings. The first-order chi connectivity index (χ1) is 11.3. The highest BCUT2D eigenvalue weighted by Crippen LogP contribution is 2.55. The first-order valence-corrected chi connectivity index (χ1v) is 8.89. The van der Waals surface area contributed by atoms with E-state index in [2.05, 4.69) is 56.9 Å².